The summed E-state index contributed by atoms with van der Waals surface area (Å²) in [6, 6.07) is 5.98. The van der Waals surface area contributed by atoms with Gasteiger partial charge in [-0.1, -0.05) is 6.07 Å². The molecule has 1 atom stereocenters. The summed E-state index contributed by atoms with van der Waals surface area (Å²) in [5, 5.41) is 6.44. The smallest absolute Gasteiger partial charge is 0.292 e. The molecule has 1 saturated heterocycles. The van der Waals surface area contributed by atoms with Crippen molar-refractivity contribution >= 4 is 11.6 Å². The van der Waals surface area contributed by atoms with E-state index in [0.29, 0.717) is 12.3 Å². The highest BCUT2D eigenvalue weighted by atomic mass is 16.5. The third-order valence-corrected chi connectivity index (χ3v) is 5.05. The number of ether oxygens (including phenoxy) is 1. The number of benzene rings is 1. The van der Waals surface area contributed by atoms with E-state index in [1.165, 1.54) is 12.7 Å². The highest BCUT2D eigenvalue weighted by Crippen LogP contribution is 2.40. The molecule has 0 radical (unpaired) electrons. The van der Waals surface area contributed by atoms with Gasteiger partial charge in [0.1, 0.15) is 12.4 Å². The lowest BCUT2D eigenvalue weighted by Gasteiger charge is -2.29. The molecule has 27 heavy (non-hydrogen) atoms. The number of hydrogen-bond acceptors (Lipinski definition) is 7. The van der Waals surface area contributed by atoms with Crippen molar-refractivity contribution in [3.8, 4) is 0 Å². The number of anilines is 1. The fourth-order valence-corrected chi connectivity index (χ4v) is 3.76. The second-order valence-electron chi connectivity index (χ2n) is 6.56. The van der Waals surface area contributed by atoms with Gasteiger partial charge in [-0.3, -0.25) is 9.89 Å². The molecule has 9 nitrogen and oxygen atoms in total. The van der Waals surface area contributed by atoms with Crippen LogP contribution in [0.1, 0.15) is 33.5 Å². The van der Waals surface area contributed by atoms with Crippen molar-refractivity contribution in [2.24, 2.45) is 0 Å². The topological polar surface area (TPSA) is 100 Å². The molecule has 1 aromatic carbocycles. The van der Waals surface area contributed by atoms with Crippen LogP contribution in [0.3, 0.4) is 0 Å². The highest BCUT2D eigenvalue weighted by Gasteiger charge is 2.38. The average Bonchev–Trinajstić information content (AvgIpc) is 3.47. The molecule has 138 valence electrons. The molecule has 0 bridgehead atoms. The Kier molecular flexibility index (Phi) is 3.86. The quantitative estimate of drug-likeness (QED) is 0.747. The van der Waals surface area contributed by atoms with E-state index in [-0.39, 0.29) is 17.8 Å². The molecule has 2 aliphatic heterocycles. The fraction of sp³-hybridized carbons (Fsp3) is 0.333. The second kappa shape index (κ2) is 6.51. The molecule has 2 aliphatic rings. The van der Waals surface area contributed by atoms with E-state index in [9.17, 15) is 4.79 Å². The first-order valence-electron chi connectivity index (χ1n) is 8.81. The number of H-pyrrole nitrogens is 1. The van der Waals surface area contributed by atoms with Gasteiger partial charge in [0.25, 0.3) is 5.91 Å². The van der Waals surface area contributed by atoms with Crippen LogP contribution in [0.4, 0.5) is 5.69 Å². The Morgan fingerprint density at radius 3 is 2.89 bits per heavy atom. The first-order valence-corrected chi connectivity index (χ1v) is 8.81. The molecule has 1 N–H and O–H groups in total. The second-order valence-corrected chi connectivity index (χ2v) is 6.56. The van der Waals surface area contributed by atoms with Crippen molar-refractivity contribution in [2.75, 3.05) is 31.2 Å². The zero-order chi connectivity index (χ0) is 18.2. The van der Waals surface area contributed by atoms with E-state index in [1.807, 2.05) is 0 Å². The van der Waals surface area contributed by atoms with E-state index in [4.69, 9.17) is 9.15 Å². The molecule has 0 spiro atoms. The number of rotatable bonds is 3. The van der Waals surface area contributed by atoms with Gasteiger partial charge in [0, 0.05) is 25.3 Å². The van der Waals surface area contributed by atoms with Crippen LogP contribution in [0.2, 0.25) is 0 Å². The molecule has 4 heterocycles. The van der Waals surface area contributed by atoms with Crippen LogP contribution in [-0.4, -0.2) is 57.3 Å². The lowest BCUT2D eigenvalue weighted by atomic mass is 10.0. The summed E-state index contributed by atoms with van der Waals surface area (Å²) in [7, 11) is 0. The van der Waals surface area contributed by atoms with Crippen LogP contribution in [0.5, 0.6) is 0 Å². The molecular formula is C18H18N6O3. The maximum atomic E-state index is 13.0. The van der Waals surface area contributed by atoms with Crippen molar-refractivity contribution in [3.63, 3.8) is 0 Å². The van der Waals surface area contributed by atoms with Crippen LogP contribution in [-0.2, 0) is 11.3 Å². The predicted octanol–water partition coefficient (Wildman–Crippen LogP) is 1.37. The predicted molar refractivity (Wildman–Crippen MR) is 94.1 cm³/mol. The van der Waals surface area contributed by atoms with Crippen LogP contribution < -0.4 is 4.90 Å². The molecule has 5 rings (SSSR count). The van der Waals surface area contributed by atoms with Crippen LogP contribution in [0.15, 0.2) is 41.5 Å². The molecule has 9 heteroatoms. The number of oxazole rings is 1. The van der Waals surface area contributed by atoms with E-state index in [2.05, 4.69) is 43.3 Å². The zero-order valence-electron chi connectivity index (χ0n) is 14.5. The Balaban J connectivity index is 1.52. The van der Waals surface area contributed by atoms with Gasteiger partial charge in [-0.05, 0) is 23.3 Å². The van der Waals surface area contributed by atoms with Crippen LogP contribution in [0, 0.1) is 0 Å². The molecule has 0 aliphatic carbocycles. The summed E-state index contributed by atoms with van der Waals surface area (Å²) >= 11 is 0. The van der Waals surface area contributed by atoms with E-state index in [1.54, 1.807) is 11.1 Å². The van der Waals surface area contributed by atoms with Crippen molar-refractivity contribution in [2.45, 2.75) is 12.6 Å². The van der Waals surface area contributed by atoms with Crippen molar-refractivity contribution < 1.29 is 13.9 Å². The Morgan fingerprint density at radius 2 is 2.15 bits per heavy atom. The number of nitrogens with zero attached hydrogens (tertiary/aromatic N) is 5. The summed E-state index contributed by atoms with van der Waals surface area (Å²) in [5.74, 6) is 0.611. The Morgan fingerprint density at radius 1 is 1.26 bits per heavy atom. The van der Waals surface area contributed by atoms with Crippen molar-refractivity contribution in [1.82, 2.24) is 25.1 Å². The van der Waals surface area contributed by atoms with E-state index < -0.39 is 0 Å². The standard InChI is InChI=1S/C18H18N6O3/c25-18(17-20-10-21-22-17)24-9-12-7-13(23-3-5-26-6-4-23)1-2-14(12)16(24)15-8-19-11-27-15/h1-2,7-8,10-11,16H,3-6,9H2,(H,20,21,22)/t16-/m1/s1. The first kappa shape index (κ1) is 16.0. The Hall–Kier alpha value is -3.20. The third kappa shape index (κ3) is 2.76. The minimum atomic E-state index is -0.334. The van der Waals surface area contributed by atoms with E-state index >= 15 is 0 Å². The van der Waals surface area contributed by atoms with Gasteiger partial charge in [0.2, 0.25) is 5.82 Å². The van der Waals surface area contributed by atoms with Gasteiger partial charge < -0.3 is 19.0 Å². The van der Waals surface area contributed by atoms with Gasteiger partial charge in [-0.25, -0.2) is 9.97 Å². The lowest BCUT2D eigenvalue weighted by Crippen LogP contribution is -2.36. The summed E-state index contributed by atoms with van der Waals surface area (Å²) in [5.41, 5.74) is 3.27. The number of morpholine rings is 1. The van der Waals surface area contributed by atoms with Crippen molar-refractivity contribution in [3.05, 3.63) is 59.8 Å². The zero-order valence-corrected chi connectivity index (χ0v) is 14.5. The van der Waals surface area contributed by atoms with Crippen LogP contribution >= 0.6 is 0 Å². The van der Waals surface area contributed by atoms with Gasteiger partial charge in [-0.2, -0.15) is 5.10 Å². The average molecular weight is 366 g/mol. The number of aromatic nitrogens is 4. The molecule has 0 unspecified atom stereocenters. The summed E-state index contributed by atoms with van der Waals surface area (Å²) in [6.07, 6.45) is 4.36. The Labute approximate surface area is 155 Å². The van der Waals surface area contributed by atoms with E-state index in [0.717, 1.165) is 43.1 Å². The number of carbonyl (C=O) groups excluding carboxylic acids is 1. The summed E-state index contributed by atoms with van der Waals surface area (Å²) < 4.78 is 11.0. The first-order chi connectivity index (χ1) is 13.3. The lowest BCUT2D eigenvalue weighted by molar-refractivity contribution is 0.0691. The molecule has 2 aromatic heterocycles. The minimum absolute atomic E-state index is 0.209. The maximum absolute atomic E-state index is 13.0. The van der Waals surface area contributed by atoms with Gasteiger partial charge in [-0.15, -0.1) is 0 Å². The van der Waals surface area contributed by atoms with Gasteiger partial charge in [0.15, 0.2) is 12.2 Å². The number of carbonyl (C=O) groups is 1. The van der Waals surface area contributed by atoms with Crippen molar-refractivity contribution in [1.29, 1.82) is 0 Å². The number of aromatic amines is 1. The number of hydrogen-bond donors (Lipinski definition) is 1. The number of nitrogens with one attached hydrogen (secondary N) is 1. The molecule has 1 amide bonds. The fourth-order valence-electron chi connectivity index (χ4n) is 3.76. The maximum Gasteiger partial charge on any atom is 0.292 e. The summed E-state index contributed by atoms with van der Waals surface area (Å²) in [4.78, 5) is 25.0. The van der Waals surface area contributed by atoms with Crippen LogP contribution in [0.25, 0.3) is 0 Å². The minimum Gasteiger partial charge on any atom is -0.446 e. The number of fused-ring (bicyclic) bond motifs is 1. The third-order valence-electron chi connectivity index (χ3n) is 5.05. The molecular weight excluding hydrogens is 348 g/mol. The Bertz CT molecular complexity index is 934. The molecule has 3 aromatic rings. The monoisotopic (exact) mass is 366 g/mol. The van der Waals surface area contributed by atoms with Gasteiger partial charge >= 0.3 is 0 Å². The SMILES string of the molecule is O=C(c1ncn[nH]1)N1Cc2cc(N3CCOCC3)ccc2[C@@H]1c1cnco1. The molecule has 1 fully saturated rings. The normalized spacial score (nSPS) is 19.3. The molecule has 0 saturated carbocycles. The highest BCUT2D eigenvalue weighted by molar-refractivity contribution is 5.91. The van der Waals surface area contributed by atoms with Gasteiger partial charge in [0.05, 0.1) is 19.4 Å². The summed E-state index contributed by atoms with van der Waals surface area (Å²) in [6.45, 7) is 3.66. The largest absolute Gasteiger partial charge is 0.446 e. The number of amides is 1.